The van der Waals surface area contributed by atoms with Gasteiger partial charge in [0.15, 0.2) is 17.7 Å². The quantitative estimate of drug-likeness (QED) is 0.767. The highest BCUT2D eigenvalue weighted by atomic mass is 16.6. The van der Waals surface area contributed by atoms with Gasteiger partial charge in [-0.25, -0.2) is 15.0 Å². The summed E-state index contributed by atoms with van der Waals surface area (Å²) in [5, 5.41) is 10.0. The molecule has 0 bridgehead atoms. The number of hydrogen-bond acceptors (Lipinski definition) is 7. The summed E-state index contributed by atoms with van der Waals surface area (Å²) in [4.78, 5) is 12.2. The minimum absolute atomic E-state index is 0.310. The fourth-order valence-electron chi connectivity index (χ4n) is 2.35. The number of methoxy groups -OCH3 is 1. The largest absolute Gasteiger partial charge is 0.388 e. The number of nitrogen functional groups attached to an aromatic ring is 1. The van der Waals surface area contributed by atoms with E-state index in [9.17, 15) is 5.11 Å². The number of fused-ring (bicyclic) bond motifs is 1. The monoisotopic (exact) mass is 265 g/mol. The fourth-order valence-corrected chi connectivity index (χ4v) is 2.35. The van der Waals surface area contributed by atoms with Gasteiger partial charge < -0.3 is 20.3 Å². The summed E-state index contributed by atoms with van der Waals surface area (Å²) in [6.45, 7) is 1.79. The van der Waals surface area contributed by atoms with Crippen LogP contribution < -0.4 is 5.73 Å². The van der Waals surface area contributed by atoms with E-state index in [1.165, 1.54) is 13.4 Å². The second-order valence-corrected chi connectivity index (χ2v) is 4.51. The molecule has 8 heteroatoms. The lowest BCUT2D eigenvalue weighted by atomic mass is 10.1. The van der Waals surface area contributed by atoms with Gasteiger partial charge in [-0.05, 0) is 6.92 Å². The van der Waals surface area contributed by atoms with Gasteiger partial charge in [-0.15, -0.1) is 0 Å². The van der Waals surface area contributed by atoms with Crippen molar-refractivity contribution in [3.05, 3.63) is 12.7 Å². The van der Waals surface area contributed by atoms with Crippen LogP contribution in [0.5, 0.6) is 0 Å². The number of aliphatic hydroxyl groups excluding tert-OH is 1. The molecule has 0 saturated carbocycles. The van der Waals surface area contributed by atoms with Crippen LogP contribution in [0, 0.1) is 0 Å². The second-order valence-electron chi connectivity index (χ2n) is 4.51. The van der Waals surface area contributed by atoms with Crippen LogP contribution in [0.4, 0.5) is 5.82 Å². The van der Waals surface area contributed by atoms with Crippen molar-refractivity contribution in [1.29, 1.82) is 0 Å². The molecule has 0 aromatic carbocycles. The molecule has 0 radical (unpaired) electrons. The van der Waals surface area contributed by atoms with Crippen molar-refractivity contribution in [3.8, 4) is 0 Å². The molecule has 0 amide bonds. The van der Waals surface area contributed by atoms with Crippen molar-refractivity contribution in [1.82, 2.24) is 19.5 Å². The SMILES string of the molecule is CO[C@@H]1[C@H](O)[C@@H](C)O[C@H]1n1cnc2c(N)ncnc21. The maximum absolute atomic E-state index is 10.0. The molecule has 3 N–H and O–H groups in total. The normalized spacial score (nSPS) is 31.1. The van der Waals surface area contributed by atoms with Crippen molar-refractivity contribution >= 4 is 17.0 Å². The van der Waals surface area contributed by atoms with E-state index in [1.807, 2.05) is 0 Å². The third-order valence-electron chi connectivity index (χ3n) is 3.39. The lowest BCUT2D eigenvalue weighted by Crippen LogP contribution is -2.32. The van der Waals surface area contributed by atoms with E-state index >= 15 is 0 Å². The molecular weight excluding hydrogens is 250 g/mol. The number of hydrogen-bond donors (Lipinski definition) is 2. The topological polar surface area (TPSA) is 108 Å². The summed E-state index contributed by atoms with van der Waals surface area (Å²) in [5.41, 5.74) is 6.81. The lowest BCUT2D eigenvalue weighted by Gasteiger charge is -2.19. The Morgan fingerprint density at radius 1 is 1.42 bits per heavy atom. The number of anilines is 1. The number of aromatic nitrogens is 4. The Morgan fingerprint density at radius 3 is 2.95 bits per heavy atom. The molecular formula is C11H15N5O3. The van der Waals surface area contributed by atoms with Crippen molar-refractivity contribution in [2.75, 3.05) is 12.8 Å². The molecule has 102 valence electrons. The highest BCUT2D eigenvalue weighted by Gasteiger charge is 2.43. The van der Waals surface area contributed by atoms with Crippen LogP contribution in [0.25, 0.3) is 11.2 Å². The molecule has 1 saturated heterocycles. The first-order valence-corrected chi connectivity index (χ1v) is 5.93. The Hall–Kier alpha value is -1.77. The summed E-state index contributed by atoms with van der Waals surface area (Å²) >= 11 is 0. The molecule has 2 aromatic heterocycles. The van der Waals surface area contributed by atoms with Crippen LogP contribution in [0.3, 0.4) is 0 Å². The molecule has 1 aliphatic rings. The standard InChI is InChI=1S/C11H15N5O3/c1-5-7(17)8(18-2)11(19-5)16-4-15-6-9(12)13-3-14-10(6)16/h3-5,7-8,11,17H,1-2H3,(H2,12,13,14)/t5-,7-,8-,11-/m1/s1. The average molecular weight is 265 g/mol. The summed E-state index contributed by atoms with van der Waals surface area (Å²) in [6.07, 6.45) is 0.931. The Bertz CT molecular complexity index is 601. The van der Waals surface area contributed by atoms with E-state index < -0.39 is 18.4 Å². The van der Waals surface area contributed by atoms with Gasteiger partial charge in [0.05, 0.1) is 12.4 Å². The van der Waals surface area contributed by atoms with E-state index in [4.69, 9.17) is 15.2 Å². The number of rotatable bonds is 2. The van der Waals surface area contributed by atoms with Gasteiger partial charge in [0.1, 0.15) is 24.1 Å². The number of imidazole rings is 1. The van der Waals surface area contributed by atoms with Crippen molar-refractivity contribution in [3.63, 3.8) is 0 Å². The molecule has 19 heavy (non-hydrogen) atoms. The molecule has 1 aliphatic heterocycles. The van der Waals surface area contributed by atoms with Crippen LogP contribution in [0.2, 0.25) is 0 Å². The van der Waals surface area contributed by atoms with Gasteiger partial charge in [-0.1, -0.05) is 0 Å². The molecule has 1 fully saturated rings. The number of nitrogens with two attached hydrogens (primary N) is 1. The first-order chi connectivity index (χ1) is 9.13. The highest BCUT2D eigenvalue weighted by molar-refractivity contribution is 5.81. The molecule has 4 atom stereocenters. The van der Waals surface area contributed by atoms with E-state index in [0.29, 0.717) is 17.0 Å². The number of aliphatic hydroxyl groups is 1. The van der Waals surface area contributed by atoms with Crippen LogP contribution in [-0.4, -0.2) is 50.0 Å². The van der Waals surface area contributed by atoms with Gasteiger partial charge in [0, 0.05) is 7.11 Å². The molecule has 0 aliphatic carbocycles. The third-order valence-corrected chi connectivity index (χ3v) is 3.39. The Kier molecular flexibility index (Phi) is 2.85. The molecule has 2 aromatic rings. The van der Waals surface area contributed by atoms with E-state index in [-0.39, 0.29) is 6.10 Å². The van der Waals surface area contributed by atoms with Crippen LogP contribution >= 0.6 is 0 Å². The average Bonchev–Trinajstić information content (AvgIpc) is 2.93. The maximum atomic E-state index is 10.0. The number of ether oxygens (including phenoxy) is 2. The van der Waals surface area contributed by atoms with Crippen LogP contribution in [0.1, 0.15) is 13.2 Å². The summed E-state index contributed by atoms with van der Waals surface area (Å²) in [6, 6.07) is 0. The lowest BCUT2D eigenvalue weighted by molar-refractivity contribution is -0.0472. The van der Waals surface area contributed by atoms with Crippen LogP contribution in [-0.2, 0) is 9.47 Å². The van der Waals surface area contributed by atoms with Gasteiger partial charge in [0.25, 0.3) is 0 Å². The van der Waals surface area contributed by atoms with Gasteiger partial charge in [-0.2, -0.15) is 0 Å². The van der Waals surface area contributed by atoms with Crippen molar-refractivity contribution in [2.45, 2.75) is 31.5 Å². The molecule has 0 unspecified atom stereocenters. The summed E-state index contributed by atoms with van der Waals surface area (Å²) in [7, 11) is 1.53. The zero-order valence-corrected chi connectivity index (χ0v) is 10.6. The Labute approximate surface area is 109 Å². The first-order valence-electron chi connectivity index (χ1n) is 5.93. The fraction of sp³-hybridized carbons (Fsp3) is 0.545. The minimum atomic E-state index is -0.702. The Morgan fingerprint density at radius 2 is 2.21 bits per heavy atom. The Balaban J connectivity index is 2.07. The second kappa shape index (κ2) is 4.41. The zero-order chi connectivity index (χ0) is 13.6. The molecule has 8 nitrogen and oxygen atoms in total. The summed E-state index contributed by atoms with van der Waals surface area (Å²) in [5.74, 6) is 0.310. The smallest absolute Gasteiger partial charge is 0.167 e. The van der Waals surface area contributed by atoms with Crippen molar-refractivity contribution < 1.29 is 14.6 Å². The van der Waals surface area contributed by atoms with E-state index in [1.54, 1.807) is 17.8 Å². The van der Waals surface area contributed by atoms with Gasteiger partial charge in [-0.3, -0.25) is 4.57 Å². The predicted molar refractivity (Wildman–Crippen MR) is 66.1 cm³/mol. The van der Waals surface area contributed by atoms with Gasteiger partial charge >= 0.3 is 0 Å². The summed E-state index contributed by atoms with van der Waals surface area (Å²) < 4.78 is 12.7. The first kappa shape index (κ1) is 12.3. The zero-order valence-electron chi connectivity index (χ0n) is 10.6. The molecule has 3 rings (SSSR count). The number of nitrogens with zero attached hydrogens (tertiary/aromatic N) is 4. The molecule has 0 spiro atoms. The predicted octanol–water partition coefficient (Wildman–Crippen LogP) is -0.298. The molecule has 3 heterocycles. The minimum Gasteiger partial charge on any atom is -0.388 e. The maximum Gasteiger partial charge on any atom is 0.167 e. The third kappa shape index (κ3) is 1.76. The van der Waals surface area contributed by atoms with Crippen molar-refractivity contribution in [2.24, 2.45) is 0 Å². The van der Waals surface area contributed by atoms with E-state index in [2.05, 4.69) is 15.0 Å². The highest BCUT2D eigenvalue weighted by Crippen LogP contribution is 2.33. The van der Waals surface area contributed by atoms with Crippen LogP contribution in [0.15, 0.2) is 12.7 Å². The van der Waals surface area contributed by atoms with Gasteiger partial charge in [0.2, 0.25) is 0 Å². The van der Waals surface area contributed by atoms with E-state index in [0.717, 1.165) is 0 Å².